The molecule has 26 heavy (non-hydrogen) atoms. The zero-order valence-electron chi connectivity index (χ0n) is 13.6. The van der Waals surface area contributed by atoms with Gasteiger partial charge in [0.1, 0.15) is 0 Å². The normalized spacial score (nSPS) is 10.8. The summed E-state index contributed by atoms with van der Waals surface area (Å²) in [6.45, 7) is 0.402. The van der Waals surface area contributed by atoms with Crippen LogP contribution in [0.3, 0.4) is 0 Å². The number of halogens is 1. The largest absolute Gasteiger partial charge is 0.434 e. The Hall–Kier alpha value is -3.18. The van der Waals surface area contributed by atoms with Crippen molar-refractivity contribution in [2.75, 3.05) is 0 Å². The van der Waals surface area contributed by atoms with Crippen LogP contribution in [0.25, 0.3) is 22.7 Å². The number of oxazole rings is 1. The van der Waals surface area contributed by atoms with Gasteiger partial charge in [0.05, 0.1) is 10.6 Å². The van der Waals surface area contributed by atoms with Crippen LogP contribution in [0.5, 0.6) is 0 Å². The molecule has 0 spiro atoms. The van der Waals surface area contributed by atoms with Gasteiger partial charge in [-0.3, -0.25) is 4.79 Å². The first-order valence-electron chi connectivity index (χ1n) is 8.04. The SMILES string of the molecule is O=C(NCc1ccc(-c2nc3ncccc3o2)cc1)c1ccccc1Cl. The van der Waals surface area contributed by atoms with Crippen LogP contribution in [0.15, 0.2) is 71.3 Å². The van der Waals surface area contributed by atoms with Gasteiger partial charge in [-0.2, -0.15) is 4.98 Å². The van der Waals surface area contributed by atoms with Crippen molar-refractivity contribution in [1.82, 2.24) is 15.3 Å². The Balaban J connectivity index is 1.46. The van der Waals surface area contributed by atoms with Crippen LogP contribution in [-0.2, 0) is 6.54 Å². The van der Waals surface area contributed by atoms with Gasteiger partial charge < -0.3 is 9.73 Å². The van der Waals surface area contributed by atoms with Gasteiger partial charge in [0.2, 0.25) is 5.89 Å². The smallest absolute Gasteiger partial charge is 0.253 e. The van der Waals surface area contributed by atoms with Crippen LogP contribution < -0.4 is 5.32 Å². The van der Waals surface area contributed by atoms with E-state index in [-0.39, 0.29) is 5.91 Å². The third kappa shape index (κ3) is 3.30. The lowest BCUT2D eigenvalue weighted by atomic mass is 10.1. The second-order valence-corrected chi connectivity index (χ2v) is 6.11. The molecule has 2 aromatic heterocycles. The van der Waals surface area contributed by atoms with Gasteiger partial charge in [-0.1, -0.05) is 35.9 Å². The molecule has 0 radical (unpaired) electrons. The highest BCUT2D eigenvalue weighted by atomic mass is 35.5. The maximum absolute atomic E-state index is 12.2. The highest BCUT2D eigenvalue weighted by molar-refractivity contribution is 6.33. The first-order valence-corrected chi connectivity index (χ1v) is 8.42. The molecule has 1 N–H and O–H groups in total. The number of benzene rings is 2. The average Bonchev–Trinajstić information content (AvgIpc) is 3.11. The highest BCUT2D eigenvalue weighted by Crippen LogP contribution is 2.23. The van der Waals surface area contributed by atoms with Gasteiger partial charge >= 0.3 is 0 Å². The number of aromatic nitrogens is 2. The maximum atomic E-state index is 12.2. The zero-order chi connectivity index (χ0) is 17.9. The molecule has 0 saturated carbocycles. The molecular weight excluding hydrogens is 350 g/mol. The Morgan fingerprint density at radius 2 is 1.85 bits per heavy atom. The van der Waals surface area contributed by atoms with Crippen molar-refractivity contribution in [2.45, 2.75) is 6.54 Å². The lowest BCUT2D eigenvalue weighted by molar-refractivity contribution is 0.0951. The van der Waals surface area contributed by atoms with E-state index in [0.717, 1.165) is 11.1 Å². The number of nitrogens with zero attached hydrogens (tertiary/aromatic N) is 2. The molecule has 0 unspecified atom stereocenters. The number of hydrogen-bond acceptors (Lipinski definition) is 4. The molecular formula is C20H14ClN3O2. The fourth-order valence-corrected chi connectivity index (χ4v) is 2.80. The van der Waals surface area contributed by atoms with E-state index in [1.807, 2.05) is 36.4 Å². The van der Waals surface area contributed by atoms with Crippen molar-refractivity contribution in [3.8, 4) is 11.5 Å². The van der Waals surface area contributed by atoms with Crippen LogP contribution in [-0.4, -0.2) is 15.9 Å². The molecule has 5 nitrogen and oxygen atoms in total. The number of fused-ring (bicyclic) bond motifs is 1. The summed E-state index contributed by atoms with van der Waals surface area (Å²) in [6, 6.07) is 18.3. The van der Waals surface area contributed by atoms with Crippen molar-refractivity contribution in [2.24, 2.45) is 0 Å². The Kier molecular flexibility index (Phi) is 4.37. The van der Waals surface area contributed by atoms with Gasteiger partial charge in [0.25, 0.3) is 5.91 Å². The molecule has 1 amide bonds. The molecule has 0 atom stereocenters. The van der Waals surface area contributed by atoms with Crippen LogP contribution in [0, 0.1) is 0 Å². The summed E-state index contributed by atoms with van der Waals surface area (Å²) < 4.78 is 5.71. The molecule has 6 heteroatoms. The van der Waals surface area contributed by atoms with Crippen molar-refractivity contribution >= 4 is 28.7 Å². The summed E-state index contributed by atoms with van der Waals surface area (Å²) in [5, 5.41) is 3.30. The summed E-state index contributed by atoms with van der Waals surface area (Å²) in [5.74, 6) is 0.315. The Morgan fingerprint density at radius 3 is 2.62 bits per heavy atom. The number of rotatable bonds is 4. The van der Waals surface area contributed by atoms with E-state index in [9.17, 15) is 4.79 Å². The lowest BCUT2D eigenvalue weighted by Crippen LogP contribution is -2.23. The van der Waals surface area contributed by atoms with Gasteiger partial charge in [0, 0.05) is 18.3 Å². The number of hydrogen-bond donors (Lipinski definition) is 1. The number of nitrogens with one attached hydrogen (secondary N) is 1. The average molecular weight is 364 g/mol. The van der Waals surface area contributed by atoms with E-state index >= 15 is 0 Å². The molecule has 2 heterocycles. The first kappa shape index (κ1) is 16.3. The van der Waals surface area contributed by atoms with E-state index < -0.39 is 0 Å². The Bertz CT molecular complexity index is 1040. The van der Waals surface area contributed by atoms with E-state index in [1.165, 1.54) is 0 Å². The summed E-state index contributed by atoms with van der Waals surface area (Å²) in [4.78, 5) is 20.7. The van der Waals surface area contributed by atoms with Crippen LogP contribution >= 0.6 is 11.6 Å². The zero-order valence-corrected chi connectivity index (χ0v) is 14.4. The molecule has 0 aliphatic rings. The van der Waals surface area contributed by atoms with E-state index in [0.29, 0.717) is 34.3 Å². The lowest BCUT2D eigenvalue weighted by Gasteiger charge is -2.07. The van der Waals surface area contributed by atoms with Gasteiger partial charge in [-0.25, -0.2) is 4.98 Å². The molecule has 0 aliphatic heterocycles. The predicted molar refractivity (Wildman–Crippen MR) is 99.9 cm³/mol. The van der Waals surface area contributed by atoms with Crippen molar-refractivity contribution < 1.29 is 9.21 Å². The number of carbonyl (C=O) groups is 1. The third-order valence-electron chi connectivity index (χ3n) is 3.94. The number of pyridine rings is 1. The summed E-state index contributed by atoms with van der Waals surface area (Å²) >= 11 is 6.04. The van der Waals surface area contributed by atoms with Crippen LogP contribution in [0.4, 0.5) is 0 Å². The fourth-order valence-electron chi connectivity index (χ4n) is 2.58. The summed E-state index contributed by atoms with van der Waals surface area (Å²) in [6.07, 6.45) is 1.68. The van der Waals surface area contributed by atoms with Gasteiger partial charge in [-0.15, -0.1) is 0 Å². The summed E-state index contributed by atoms with van der Waals surface area (Å²) in [5.41, 5.74) is 3.51. The fraction of sp³-hybridized carbons (Fsp3) is 0.0500. The van der Waals surface area contributed by atoms with Crippen LogP contribution in [0.1, 0.15) is 15.9 Å². The number of amides is 1. The molecule has 4 aromatic rings. The topological polar surface area (TPSA) is 68.0 Å². The molecule has 0 fully saturated rings. The predicted octanol–water partition coefficient (Wildman–Crippen LogP) is 4.47. The van der Waals surface area contributed by atoms with E-state index in [4.69, 9.17) is 16.0 Å². The standard InChI is InChI=1S/C20H14ClN3O2/c21-16-5-2-1-4-15(16)19(25)23-12-13-7-9-14(10-8-13)20-24-18-17(26-20)6-3-11-22-18/h1-11H,12H2,(H,23,25). The number of carbonyl (C=O) groups excluding carboxylic acids is 1. The van der Waals surface area contributed by atoms with Crippen molar-refractivity contribution in [1.29, 1.82) is 0 Å². The molecule has 0 saturated heterocycles. The molecule has 4 rings (SSSR count). The first-order chi connectivity index (χ1) is 12.7. The quantitative estimate of drug-likeness (QED) is 0.580. The molecule has 0 bridgehead atoms. The Labute approximate surface area is 154 Å². The minimum Gasteiger partial charge on any atom is -0.434 e. The molecule has 128 valence electrons. The molecule has 2 aromatic carbocycles. The van der Waals surface area contributed by atoms with E-state index in [2.05, 4.69) is 15.3 Å². The van der Waals surface area contributed by atoms with Crippen molar-refractivity contribution in [3.05, 3.63) is 83.0 Å². The third-order valence-corrected chi connectivity index (χ3v) is 4.27. The molecule has 0 aliphatic carbocycles. The van der Waals surface area contributed by atoms with Gasteiger partial charge in [0.15, 0.2) is 11.2 Å². The monoisotopic (exact) mass is 363 g/mol. The minimum atomic E-state index is -0.204. The second kappa shape index (κ2) is 6.98. The van der Waals surface area contributed by atoms with E-state index in [1.54, 1.807) is 30.5 Å². The minimum absolute atomic E-state index is 0.204. The van der Waals surface area contributed by atoms with Crippen molar-refractivity contribution in [3.63, 3.8) is 0 Å². The maximum Gasteiger partial charge on any atom is 0.253 e. The Morgan fingerprint density at radius 1 is 1.04 bits per heavy atom. The second-order valence-electron chi connectivity index (χ2n) is 5.70. The summed E-state index contributed by atoms with van der Waals surface area (Å²) in [7, 11) is 0. The van der Waals surface area contributed by atoms with Gasteiger partial charge in [-0.05, 0) is 42.0 Å². The van der Waals surface area contributed by atoms with Crippen LogP contribution in [0.2, 0.25) is 5.02 Å². The highest BCUT2D eigenvalue weighted by Gasteiger charge is 2.10.